The van der Waals surface area contributed by atoms with Gasteiger partial charge < -0.3 is 10.2 Å². The zero-order valence-electron chi connectivity index (χ0n) is 12.3. The molecule has 0 aromatic carbocycles. The number of likely N-dealkylation sites (N-methyl/N-ethyl adjacent to an activating group) is 1. The van der Waals surface area contributed by atoms with Gasteiger partial charge in [0, 0.05) is 52.5 Å². The van der Waals surface area contributed by atoms with Gasteiger partial charge in [-0.15, -0.1) is 0 Å². The van der Waals surface area contributed by atoms with Gasteiger partial charge in [0.2, 0.25) is 0 Å². The van der Waals surface area contributed by atoms with Crippen molar-refractivity contribution in [2.45, 2.75) is 0 Å². The first-order valence-corrected chi connectivity index (χ1v) is 7.36. The van der Waals surface area contributed by atoms with Crippen LogP contribution in [0, 0.1) is 0 Å². The summed E-state index contributed by atoms with van der Waals surface area (Å²) < 4.78 is 1.73. The molecule has 112 valence electrons. The first-order chi connectivity index (χ1) is 10.3. The van der Waals surface area contributed by atoms with E-state index in [0.29, 0.717) is 5.56 Å². The molecule has 6 nitrogen and oxygen atoms in total. The third kappa shape index (κ3) is 3.06. The number of nitrogens with one attached hydrogen (secondary N) is 1. The quantitative estimate of drug-likeness (QED) is 0.879. The number of carbonyl (C=O) groups is 1. The van der Waals surface area contributed by atoms with E-state index in [1.54, 1.807) is 15.6 Å². The molecule has 0 aliphatic carbocycles. The number of aromatic nitrogens is 2. The fourth-order valence-electron chi connectivity index (χ4n) is 2.63. The molecule has 2 aromatic rings. The van der Waals surface area contributed by atoms with Crippen LogP contribution in [0.3, 0.4) is 0 Å². The summed E-state index contributed by atoms with van der Waals surface area (Å²) in [4.78, 5) is 16.7. The molecule has 1 aliphatic heterocycles. The van der Waals surface area contributed by atoms with Crippen molar-refractivity contribution in [2.75, 3.05) is 46.3 Å². The van der Waals surface area contributed by atoms with Gasteiger partial charge in [-0.05, 0) is 12.1 Å². The third-order valence-electron chi connectivity index (χ3n) is 3.96. The molecule has 3 heterocycles. The summed E-state index contributed by atoms with van der Waals surface area (Å²) in [6.45, 7) is 5.83. The van der Waals surface area contributed by atoms with E-state index in [1.165, 1.54) is 0 Å². The molecule has 0 saturated carbocycles. The lowest BCUT2D eigenvalue weighted by molar-refractivity contribution is 0.0776. The summed E-state index contributed by atoms with van der Waals surface area (Å²) in [6, 6.07) is 5.75. The molecular formula is C15H21N5O. The van der Waals surface area contributed by atoms with Crippen molar-refractivity contribution in [3.63, 3.8) is 0 Å². The largest absolute Gasteiger partial charge is 0.340 e. The second-order valence-corrected chi connectivity index (χ2v) is 5.41. The molecule has 21 heavy (non-hydrogen) atoms. The van der Waals surface area contributed by atoms with E-state index in [1.807, 2.05) is 31.4 Å². The van der Waals surface area contributed by atoms with Crippen LogP contribution in [-0.4, -0.2) is 71.6 Å². The van der Waals surface area contributed by atoms with Gasteiger partial charge in [0.1, 0.15) is 0 Å². The normalized spacial score (nSPS) is 16.2. The Hall–Kier alpha value is -1.92. The molecular weight excluding hydrogens is 266 g/mol. The van der Waals surface area contributed by atoms with Crippen LogP contribution < -0.4 is 5.32 Å². The van der Waals surface area contributed by atoms with E-state index in [4.69, 9.17) is 0 Å². The van der Waals surface area contributed by atoms with E-state index in [2.05, 4.69) is 15.3 Å². The van der Waals surface area contributed by atoms with Gasteiger partial charge in [0.15, 0.2) is 0 Å². The highest BCUT2D eigenvalue weighted by atomic mass is 16.2. The van der Waals surface area contributed by atoms with E-state index < -0.39 is 0 Å². The fourth-order valence-corrected chi connectivity index (χ4v) is 2.63. The second kappa shape index (κ2) is 6.24. The third-order valence-corrected chi connectivity index (χ3v) is 3.96. The molecule has 0 spiro atoms. The molecule has 1 saturated heterocycles. The predicted molar refractivity (Wildman–Crippen MR) is 81.5 cm³/mol. The molecule has 3 rings (SSSR count). The zero-order valence-corrected chi connectivity index (χ0v) is 12.3. The van der Waals surface area contributed by atoms with Crippen molar-refractivity contribution in [2.24, 2.45) is 0 Å². The number of hydrogen-bond donors (Lipinski definition) is 1. The highest BCUT2D eigenvalue weighted by molar-refractivity contribution is 6.00. The minimum atomic E-state index is 0.0336. The molecule has 1 N–H and O–H groups in total. The molecule has 0 atom stereocenters. The molecule has 0 unspecified atom stereocenters. The van der Waals surface area contributed by atoms with Crippen molar-refractivity contribution in [1.29, 1.82) is 0 Å². The Morgan fingerprint density at radius 3 is 3.00 bits per heavy atom. The topological polar surface area (TPSA) is 52.9 Å². The van der Waals surface area contributed by atoms with Crippen LogP contribution in [0.4, 0.5) is 0 Å². The van der Waals surface area contributed by atoms with Crippen LogP contribution in [0.5, 0.6) is 0 Å². The highest BCUT2D eigenvalue weighted by Gasteiger charge is 2.17. The first kappa shape index (κ1) is 14.0. The Kier molecular flexibility index (Phi) is 4.17. The van der Waals surface area contributed by atoms with Crippen molar-refractivity contribution in [1.82, 2.24) is 24.7 Å². The van der Waals surface area contributed by atoms with Gasteiger partial charge in [-0.3, -0.25) is 9.69 Å². The van der Waals surface area contributed by atoms with Gasteiger partial charge in [-0.1, -0.05) is 6.07 Å². The number of amides is 1. The maximum atomic E-state index is 12.5. The van der Waals surface area contributed by atoms with Crippen molar-refractivity contribution in [3.8, 4) is 0 Å². The van der Waals surface area contributed by atoms with E-state index in [-0.39, 0.29) is 5.91 Å². The van der Waals surface area contributed by atoms with Gasteiger partial charge in [-0.25, -0.2) is 4.52 Å². The molecule has 6 heteroatoms. The van der Waals surface area contributed by atoms with Gasteiger partial charge in [-0.2, -0.15) is 5.10 Å². The lowest BCUT2D eigenvalue weighted by atomic mass is 10.2. The van der Waals surface area contributed by atoms with Gasteiger partial charge in [0.05, 0.1) is 17.3 Å². The Morgan fingerprint density at radius 1 is 1.38 bits per heavy atom. The number of rotatable bonds is 4. The minimum absolute atomic E-state index is 0.0336. The Morgan fingerprint density at radius 2 is 2.19 bits per heavy atom. The SMILES string of the molecule is CN(CCN1CCNCC1)C(=O)c1cnn2ccccc12. The van der Waals surface area contributed by atoms with Crippen molar-refractivity contribution < 1.29 is 4.79 Å². The van der Waals surface area contributed by atoms with Crippen molar-refractivity contribution >= 4 is 11.4 Å². The lowest BCUT2D eigenvalue weighted by Crippen LogP contribution is -2.46. The zero-order chi connectivity index (χ0) is 14.7. The summed E-state index contributed by atoms with van der Waals surface area (Å²) in [7, 11) is 1.86. The minimum Gasteiger partial charge on any atom is -0.340 e. The second-order valence-electron chi connectivity index (χ2n) is 5.41. The van der Waals surface area contributed by atoms with Crippen LogP contribution in [0.2, 0.25) is 0 Å². The number of nitrogens with zero attached hydrogens (tertiary/aromatic N) is 4. The lowest BCUT2D eigenvalue weighted by Gasteiger charge is -2.29. The van der Waals surface area contributed by atoms with Crippen LogP contribution >= 0.6 is 0 Å². The number of fused-ring (bicyclic) bond motifs is 1. The smallest absolute Gasteiger partial charge is 0.257 e. The van der Waals surface area contributed by atoms with Gasteiger partial charge >= 0.3 is 0 Å². The van der Waals surface area contributed by atoms with Crippen LogP contribution in [0.25, 0.3) is 5.52 Å². The van der Waals surface area contributed by atoms with E-state index in [0.717, 1.165) is 44.8 Å². The summed E-state index contributed by atoms with van der Waals surface area (Å²) in [5.41, 5.74) is 1.52. The van der Waals surface area contributed by atoms with Gasteiger partial charge in [0.25, 0.3) is 5.91 Å². The monoisotopic (exact) mass is 287 g/mol. The highest BCUT2D eigenvalue weighted by Crippen LogP contribution is 2.12. The Bertz CT molecular complexity index is 617. The molecule has 2 aromatic heterocycles. The predicted octanol–water partition coefficient (Wildman–Crippen LogP) is 0.312. The summed E-state index contributed by atoms with van der Waals surface area (Å²) >= 11 is 0. The van der Waals surface area contributed by atoms with Crippen molar-refractivity contribution in [3.05, 3.63) is 36.2 Å². The standard InChI is InChI=1S/C15H21N5O/c1-18(10-11-19-8-5-16-6-9-19)15(21)13-12-17-20-7-3-2-4-14(13)20/h2-4,7,12,16H,5-6,8-11H2,1H3. The Balaban J connectivity index is 1.64. The first-order valence-electron chi connectivity index (χ1n) is 7.36. The van der Waals surface area contributed by atoms with E-state index >= 15 is 0 Å². The summed E-state index contributed by atoms with van der Waals surface area (Å²) in [5.74, 6) is 0.0336. The number of carbonyl (C=O) groups excluding carboxylic acids is 1. The van der Waals surface area contributed by atoms with E-state index in [9.17, 15) is 4.79 Å². The molecule has 1 amide bonds. The Labute approximate surface area is 124 Å². The molecule has 0 bridgehead atoms. The van der Waals surface area contributed by atoms with Crippen LogP contribution in [0.1, 0.15) is 10.4 Å². The summed E-state index contributed by atoms with van der Waals surface area (Å²) in [5, 5.41) is 7.56. The number of pyridine rings is 1. The average molecular weight is 287 g/mol. The molecule has 1 aliphatic rings. The van der Waals surface area contributed by atoms with Crippen LogP contribution in [-0.2, 0) is 0 Å². The fraction of sp³-hybridized carbons (Fsp3) is 0.467. The number of hydrogen-bond acceptors (Lipinski definition) is 4. The molecule has 1 fully saturated rings. The maximum Gasteiger partial charge on any atom is 0.257 e. The average Bonchev–Trinajstić information content (AvgIpc) is 2.97. The maximum absolute atomic E-state index is 12.5. The number of piperazine rings is 1. The molecule has 0 radical (unpaired) electrons. The van der Waals surface area contributed by atoms with Crippen LogP contribution in [0.15, 0.2) is 30.6 Å². The summed E-state index contributed by atoms with van der Waals surface area (Å²) in [6.07, 6.45) is 3.51.